The second kappa shape index (κ2) is 9.50. The molecule has 36 heavy (non-hydrogen) atoms. The fourth-order valence-corrected chi connectivity index (χ4v) is 4.64. The molecule has 0 aliphatic carbocycles. The molecule has 1 aromatic carbocycles. The molecule has 9 nitrogen and oxygen atoms in total. The van der Waals surface area contributed by atoms with Gasteiger partial charge in [0.1, 0.15) is 17.6 Å². The van der Waals surface area contributed by atoms with Crippen molar-refractivity contribution >= 4 is 46.1 Å². The number of nitrogens with one attached hydrogen (secondary N) is 2. The first kappa shape index (κ1) is 23.6. The summed E-state index contributed by atoms with van der Waals surface area (Å²) in [7, 11) is 0. The second-order valence-electron chi connectivity index (χ2n) is 8.79. The van der Waals surface area contributed by atoms with Crippen LogP contribution in [0.15, 0.2) is 54.7 Å². The van der Waals surface area contributed by atoms with E-state index in [4.69, 9.17) is 21.3 Å². The van der Waals surface area contributed by atoms with E-state index in [2.05, 4.69) is 21.4 Å². The Bertz CT molecular complexity index is 1470. The van der Waals surface area contributed by atoms with Gasteiger partial charge in [-0.3, -0.25) is 4.90 Å². The normalized spacial score (nSPS) is 16.2. The summed E-state index contributed by atoms with van der Waals surface area (Å²) in [6, 6.07) is 14.3. The summed E-state index contributed by atoms with van der Waals surface area (Å²) in [6.45, 7) is 4.04. The number of aromatic carboxylic acids is 1. The third kappa shape index (κ3) is 4.57. The highest BCUT2D eigenvalue weighted by molar-refractivity contribution is 6.29. The smallest absolute Gasteiger partial charge is 0.415 e. The van der Waals surface area contributed by atoms with Crippen LogP contribution in [0.3, 0.4) is 0 Å². The van der Waals surface area contributed by atoms with Crippen molar-refractivity contribution < 1.29 is 19.4 Å². The second-order valence-corrected chi connectivity index (χ2v) is 9.18. The van der Waals surface area contributed by atoms with Crippen molar-refractivity contribution in [1.82, 2.24) is 15.0 Å². The molecule has 1 aliphatic rings. The molecule has 0 radical (unpaired) electrons. The number of hydrogen-bond acceptors (Lipinski definition) is 6. The first-order valence-corrected chi connectivity index (χ1v) is 11.8. The number of carboxylic acid groups (broad SMARTS) is 1. The fraction of sp³-hybridized carbons (Fsp3) is 0.231. The molecule has 0 saturated carbocycles. The molecule has 1 saturated heterocycles. The zero-order valence-electron chi connectivity index (χ0n) is 19.7. The number of fused-ring (bicyclic) bond motifs is 1. The number of hydrogen-bond donors (Lipinski definition) is 3. The number of halogens is 1. The van der Waals surface area contributed by atoms with Crippen molar-refractivity contribution in [2.75, 3.05) is 16.8 Å². The van der Waals surface area contributed by atoms with Crippen LogP contribution in [0.1, 0.15) is 40.3 Å². The zero-order chi connectivity index (χ0) is 25.4. The zero-order valence-corrected chi connectivity index (χ0v) is 20.4. The Morgan fingerprint density at radius 1 is 1.28 bits per heavy atom. The summed E-state index contributed by atoms with van der Waals surface area (Å²) >= 11 is 5.87. The van der Waals surface area contributed by atoms with Gasteiger partial charge in [-0.1, -0.05) is 29.8 Å². The van der Waals surface area contributed by atoms with Gasteiger partial charge in [0.25, 0.3) is 0 Å². The van der Waals surface area contributed by atoms with Crippen molar-refractivity contribution in [3.8, 4) is 0 Å². The number of carbonyl (C=O) groups is 2. The third-order valence-electron chi connectivity index (χ3n) is 6.19. The van der Waals surface area contributed by atoms with Crippen LogP contribution in [-0.4, -0.2) is 44.8 Å². The molecule has 0 unspecified atom stereocenters. The van der Waals surface area contributed by atoms with Crippen LogP contribution in [0, 0.1) is 6.92 Å². The average Bonchev–Trinajstić information content (AvgIpc) is 3.43. The number of aromatic amines is 1. The van der Waals surface area contributed by atoms with Crippen molar-refractivity contribution in [2.45, 2.75) is 32.4 Å². The lowest BCUT2D eigenvalue weighted by molar-refractivity contribution is 0.0691. The highest BCUT2D eigenvalue weighted by Gasteiger charge is 2.36. The maximum Gasteiger partial charge on any atom is 0.415 e. The molecule has 3 N–H and O–H groups in total. The molecule has 1 fully saturated rings. The lowest BCUT2D eigenvalue weighted by Gasteiger charge is -2.23. The van der Waals surface area contributed by atoms with Gasteiger partial charge in [-0.2, -0.15) is 0 Å². The summed E-state index contributed by atoms with van der Waals surface area (Å²) in [4.78, 5) is 37.9. The Balaban J connectivity index is 1.43. The van der Waals surface area contributed by atoms with Gasteiger partial charge in [-0.05, 0) is 61.7 Å². The molecule has 184 valence electrons. The summed E-state index contributed by atoms with van der Waals surface area (Å²) in [5.41, 5.74) is 3.82. The Morgan fingerprint density at radius 3 is 2.89 bits per heavy atom. The van der Waals surface area contributed by atoms with Crippen LogP contribution in [-0.2, 0) is 11.2 Å². The minimum atomic E-state index is -1.19. The largest absolute Gasteiger partial charge is 0.476 e. The quantitative estimate of drug-likeness (QED) is 0.289. The first-order valence-electron chi connectivity index (χ1n) is 11.5. The Hall–Kier alpha value is -4.11. The molecule has 10 heteroatoms. The van der Waals surface area contributed by atoms with Crippen molar-refractivity contribution in [3.63, 3.8) is 0 Å². The van der Waals surface area contributed by atoms with Gasteiger partial charge in [0.15, 0.2) is 5.69 Å². The summed E-state index contributed by atoms with van der Waals surface area (Å²) in [5, 5.41) is 13.9. The number of amides is 1. The first-order chi connectivity index (χ1) is 17.3. The van der Waals surface area contributed by atoms with E-state index in [1.165, 1.54) is 6.07 Å². The maximum absolute atomic E-state index is 12.8. The standard InChI is InChI=1S/C26H24ClN5O4/c1-14-9-21(15(2)29-20-7-8-22(27)31-24(20)25(33)34)30-23(10-14)32-17(13-36-26(32)35)11-16-12-28-19-6-4-3-5-18(16)19/h3-10,12,15,17,28-29H,11,13H2,1-2H3,(H,33,34)/t15-,17+/m1/s1. The highest BCUT2D eigenvalue weighted by atomic mass is 35.5. The number of carbonyl (C=O) groups excluding carboxylic acids is 1. The van der Waals surface area contributed by atoms with E-state index in [0.29, 0.717) is 23.6 Å². The SMILES string of the molecule is Cc1cc([C@@H](C)Nc2ccc(Cl)nc2C(=O)O)nc(N2C(=O)OC[C@@H]2Cc2c[nH]c3ccccc23)c1. The number of aryl methyl sites for hydroxylation is 1. The van der Waals surface area contributed by atoms with Gasteiger partial charge in [0, 0.05) is 17.1 Å². The number of pyridine rings is 2. The molecule has 2 atom stereocenters. The van der Waals surface area contributed by atoms with E-state index in [-0.39, 0.29) is 29.5 Å². The van der Waals surface area contributed by atoms with Crippen molar-refractivity contribution in [3.05, 3.63) is 82.4 Å². The molecule has 4 heterocycles. The molecular formula is C26H24ClN5O4. The van der Waals surface area contributed by atoms with E-state index < -0.39 is 12.1 Å². The van der Waals surface area contributed by atoms with Gasteiger partial charge in [0.05, 0.1) is 23.5 Å². The monoisotopic (exact) mass is 505 g/mol. The van der Waals surface area contributed by atoms with E-state index in [1.54, 1.807) is 11.0 Å². The number of nitrogens with zero attached hydrogens (tertiary/aromatic N) is 3. The minimum Gasteiger partial charge on any atom is -0.476 e. The Kier molecular flexibility index (Phi) is 6.24. The van der Waals surface area contributed by atoms with Gasteiger partial charge in [-0.15, -0.1) is 0 Å². The summed E-state index contributed by atoms with van der Waals surface area (Å²) in [6.07, 6.45) is 2.12. The predicted molar refractivity (Wildman–Crippen MR) is 137 cm³/mol. The van der Waals surface area contributed by atoms with Crippen molar-refractivity contribution in [1.29, 1.82) is 0 Å². The van der Waals surface area contributed by atoms with E-state index in [0.717, 1.165) is 22.0 Å². The Labute approximate surface area is 212 Å². The number of para-hydroxylation sites is 1. The van der Waals surface area contributed by atoms with Crippen LogP contribution in [0.4, 0.5) is 16.3 Å². The molecule has 5 rings (SSSR count). The van der Waals surface area contributed by atoms with Crippen LogP contribution in [0.5, 0.6) is 0 Å². The third-order valence-corrected chi connectivity index (χ3v) is 6.40. The lowest BCUT2D eigenvalue weighted by atomic mass is 10.0. The topological polar surface area (TPSA) is 120 Å². The number of benzene rings is 1. The van der Waals surface area contributed by atoms with Crippen LogP contribution in [0.25, 0.3) is 10.9 Å². The van der Waals surface area contributed by atoms with Crippen LogP contribution < -0.4 is 10.2 Å². The number of H-pyrrole nitrogens is 1. The lowest BCUT2D eigenvalue weighted by Crippen LogP contribution is -2.36. The summed E-state index contributed by atoms with van der Waals surface area (Å²) < 4.78 is 5.42. The molecule has 1 amide bonds. The van der Waals surface area contributed by atoms with E-state index in [9.17, 15) is 14.7 Å². The van der Waals surface area contributed by atoms with Gasteiger partial charge in [-0.25, -0.2) is 19.6 Å². The fourth-order valence-electron chi connectivity index (χ4n) is 4.49. The number of cyclic esters (lactones) is 1. The molecule has 3 aromatic heterocycles. The number of ether oxygens (including phenoxy) is 1. The van der Waals surface area contributed by atoms with Gasteiger partial charge >= 0.3 is 12.1 Å². The number of anilines is 2. The maximum atomic E-state index is 12.8. The van der Waals surface area contributed by atoms with Crippen molar-refractivity contribution in [2.24, 2.45) is 0 Å². The average molecular weight is 506 g/mol. The molecular weight excluding hydrogens is 482 g/mol. The molecule has 1 aliphatic heterocycles. The Morgan fingerprint density at radius 2 is 2.08 bits per heavy atom. The number of aromatic nitrogens is 3. The van der Waals surface area contributed by atoms with Crippen LogP contribution >= 0.6 is 11.6 Å². The molecule has 0 spiro atoms. The van der Waals surface area contributed by atoms with Crippen LogP contribution in [0.2, 0.25) is 5.15 Å². The highest BCUT2D eigenvalue weighted by Crippen LogP contribution is 2.30. The number of carboxylic acids is 1. The van der Waals surface area contributed by atoms with E-state index in [1.807, 2.05) is 50.4 Å². The predicted octanol–water partition coefficient (Wildman–Crippen LogP) is 5.36. The van der Waals surface area contributed by atoms with E-state index >= 15 is 0 Å². The molecule has 4 aromatic rings. The van der Waals surface area contributed by atoms with Gasteiger partial charge in [0.2, 0.25) is 0 Å². The summed E-state index contributed by atoms with van der Waals surface area (Å²) in [5.74, 6) is -0.705. The van der Waals surface area contributed by atoms with Gasteiger partial charge < -0.3 is 20.1 Å². The molecule has 0 bridgehead atoms. The number of rotatable bonds is 7. The minimum absolute atomic E-state index is 0.0929.